The Kier molecular flexibility index (Phi) is 4.81. The molecule has 1 atom stereocenters. The van der Waals surface area contributed by atoms with E-state index in [1.54, 1.807) is 0 Å². The number of nitrogens with one attached hydrogen (secondary N) is 1. The minimum atomic E-state index is 0.841. The van der Waals surface area contributed by atoms with Crippen LogP contribution in [0.4, 0.5) is 5.69 Å². The summed E-state index contributed by atoms with van der Waals surface area (Å²) >= 11 is 0. The summed E-state index contributed by atoms with van der Waals surface area (Å²) in [4.78, 5) is 4.94. The Bertz CT molecular complexity index is 472. The number of hydrogen-bond donors (Lipinski definition) is 1. The van der Waals surface area contributed by atoms with Crippen LogP contribution in [0.5, 0.6) is 0 Å². The van der Waals surface area contributed by atoms with Crippen molar-refractivity contribution in [1.82, 2.24) is 10.2 Å². The fourth-order valence-electron chi connectivity index (χ4n) is 3.74. The second-order valence-electron chi connectivity index (χ2n) is 6.67. The molecule has 2 heterocycles. The van der Waals surface area contributed by atoms with Gasteiger partial charge < -0.3 is 15.1 Å². The second-order valence-corrected chi connectivity index (χ2v) is 6.67. The highest BCUT2D eigenvalue weighted by atomic mass is 15.1. The molecule has 0 saturated carbocycles. The van der Waals surface area contributed by atoms with Gasteiger partial charge in [0.05, 0.1) is 0 Å². The number of likely N-dealkylation sites (tertiary alicyclic amines) is 1. The van der Waals surface area contributed by atoms with E-state index >= 15 is 0 Å². The van der Waals surface area contributed by atoms with Crippen molar-refractivity contribution in [3.63, 3.8) is 0 Å². The molecular weight excluding hydrogens is 258 g/mol. The molecule has 1 fully saturated rings. The lowest BCUT2D eigenvalue weighted by atomic mass is 9.99. The smallest absolute Gasteiger partial charge is 0.0396 e. The van der Waals surface area contributed by atoms with Gasteiger partial charge in [-0.1, -0.05) is 19.1 Å². The second kappa shape index (κ2) is 6.80. The van der Waals surface area contributed by atoms with Crippen molar-refractivity contribution in [1.29, 1.82) is 0 Å². The van der Waals surface area contributed by atoms with E-state index in [1.807, 2.05) is 0 Å². The molecule has 3 rings (SSSR count). The molecule has 3 heteroatoms. The first-order valence-electron chi connectivity index (χ1n) is 8.52. The van der Waals surface area contributed by atoms with Crippen LogP contribution in [-0.4, -0.2) is 44.7 Å². The summed E-state index contributed by atoms with van der Waals surface area (Å²) in [5.41, 5.74) is 4.40. The Morgan fingerprint density at radius 2 is 2.19 bits per heavy atom. The average molecular weight is 287 g/mol. The first-order valence-corrected chi connectivity index (χ1v) is 8.52. The van der Waals surface area contributed by atoms with Crippen molar-refractivity contribution < 1.29 is 0 Å². The zero-order chi connectivity index (χ0) is 14.7. The third-order valence-electron chi connectivity index (χ3n) is 5.07. The minimum Gasteiger partial charge on any atom is -0.374 e. The van der Waals surface area contributed by atoms with Crippen molar-refractivity contribution in [3.05, 3.63) is 29.3 Å². The zero-order valence-corrected chi connectivity index (χ0v) is 13.6. The van der Waals surface area contributed by atoms with E-state index in [4.69, 9.17) is 0 Å². The van der Waals surface area contributed by atoms with Crippen molar-refractivity contribution in [2.24, 2.45) is 5.92 Å². The third kappa shape index (κ3) is 3.58. The van der Waals surface area contributed by atoms with Crippen molar-refractivity contribution in [3.8, 4) is 0 Å². The van der Waals surface area contributed by atoms with Crippen LogP contribution in [0.3, 0.4) is 0 Å². The lowest BCUT2D eigenvalue weighted by molar-refractivity contribution is 0.339. The molecule has 1 aromatic carbocycles. The number of nitrogens with zero attached hydrogens (tertiary/aromatic N) is 2. The molecule has 0 bridgehead atoms. The standard InChI is InChI=1S/C18H29N3/c1-3-21-10-8-16(14-21)13-19-12-15-6-7-18-17(11-15)5-4-9-20(18)2/h6-7,11,16,19H,3-5,8-10,12-14H2,1-2H3. The molecule has 0 aromatic heterocycles. The Labute approximate surface area is 129 Å². The summed E-state index contributed by atoms with van der Waals surface area (Å²) in [6.07, 6.45) is 3.88. The Hall–Kier alpha value is -1.06. The van der Waals surface area contributed by atoms with Gasteiger partial charge in [0.15, 0.2) is 0 Å². The predicted molar refractivity (Wildman–Crippen MR) is 90.0 cm³/mol. The van der Waals surface area contributed by atoms with Gasteiger partial charge in [-0.25, -0.2) is 0 Å². The molecule has 1 unspecified atom stereocenters. The van der Waals surface area contributed by atoms with E-state index in [0.717, 1.165) is 19.0 Å². The summed E-state index contributed by atoms with van der Waals surface area (Å²) in [6, 6.07) is 7.01. The highest BCUT2D eigenvalue weighted by Crippen LogP contribution is 2.26. The van der Waals surface area contributed by atoms with E-state index in [9.17, 15) is 0 Å². The van der Waals surface area contributed by atoms with Crippen molar-refractivity contribution in [2.45, 2.75) is 32.7 Å². The molecule has 1 aromatic rings. The highest BCUT2D eigenvalue weighted by molar-refractivity contribution is 5.56. The average Bonchev–Trinajstić information content (AvgIpc) is 2.95. The van der Waals surface area contributed by atoms with Crippen LogP contribution >= 0.6 is 0 Å². The Balaban J connectivity index is 1.50. The molecule has 0 amide bonds. The summed E-state index contributed by atoms with van der Waals surface area (Å²) in [6.45, 7) is 9.40. The lowest BCUT2D eigenvalue weighted by Gasteiger charge is -2.28. The van der Waals surface area contributed by atoms with E-state index < -0.39 is 0 Å². The fourth-order valence-corrected chi connectivity index (χ4v) is 3.74. The normalized spacial score (nSPS) is 22.6. The van der Waals surface area contributed by atoms with E-state index in [2.05, 4.69) is 47.3 Å². The predicted octanol–water partition coefficient (Wildman–Crippen LogP) is 2.50. The SMILES string of the molecule is CCN1CCC(CNCc2ccc3c(c2)CCCN3C)C1. The minimum absolute atomic E-state index is 0.841. The van der Waals surface area contributed by atoms with Crippen molar-refractivity contribution >= 4 is 5.69 Å². The van der Waals surface area contributed by atoms with Crippen LogP contribution in [0.1, 0.15) is 30.9 Å². The lowest BCUT2D eigenvalue weighted by Crippen LogP contribution is -2.27. The molecule has 116 valence electrons. The number of hydrogen-bond acceptors (Lipinski definition) is 3. The van der Waals surface area contributed by atoms with E-state index in [-0.39, 0.29) is 0 Å². The third-order valence-corrected chi connectivity index (χ3v) is 5.07. The maximum atomic E-state index is 3.67. The Morgan fingerprint density at radius 1 is 1.29 bits per heavy atom. The largest absolute Gasteiger partial charge is 0.374 e. The van der Waals surface area contributed by atoms with Gasteiger partial charge in [0, 0.05) is 32.4 Å². The first kappa shape index (κ1) is 14.9. The quantitative estimate of drug-likeness (QED) is 0.897. The molecule has 2 aliphatic heterocycles. The summed E-state index contributed by atoms with van der Waals surface area (Å²) < 4.78 is 0. The van der Waals surface area contributed by atoms with Crippen LogP contribution in [0.25, 0.3) is 0 Å². The number of aryl methyl sites for hydroxylation is 1. The number of rotatable bonds is 5. The maximum Gasteiger partial charge on any atom is 0.0396 e. The molecular formula is C18H29N3. The molecule has 2 aliphatic rings. The summed E-state index contributed by atoms with van der Waals surface area (Å²) in [7, 11) is 2.20. The molecule has 21 heavy (non-hydrogen) atoms. The van der Waals surface area contributed by atoms with Gasteiger partial charge in [0.1, 0.15) is 0 Å². The number of benzene rings is 1. The van der Waals surface area contributed by atoms with Gasteiger partial charge in [-0.05, 0) is 62.0 Å². The number of fused-ring (bicyclic) bond motifs is 1. The van der Waals surface area contributed by atoms with Gasteiger partial charge in [0.25, 0.3) is 0 Å². The van der Waals surface area contributed by atoms with Crippen LogP contribution in [0, 0.1) is 5.92 Å². The van der Waals surface area contributed by atoms with E-state index in [0.29, 0.717) is 0 Å². The van der Waals surface area contributed by atoms with E-state index in [1.165, 1.54) is 62.3 Å². The first-order chi connectivity index (χ1) is 10.3. The van der Waals surface area contributed by atoms with Gasteiger partial charge in [-0.3, -0.25) is 0 Å². The molecule has 0 spiro atoms. The summed E-state index contributed by atoms with van der Waals surface area (Å²) in [5.74, 6) is 0.841. The van der Waals surface area contributed by atoms with Crippen LogP contribution in [0.15, 0.2) is 18.2 Å². The van der Waals surface area contributed by atoms with Crippen molar-refractivity contribution in [2.75, 3.05) is 44.7 Å². The van der Waals surface area contributed by atoms with Crippen LogP contribution in [0.2, 0.25) is 0 Å². The summed E-state index contributed by atoms with van der Waals surface area (Å²) in [5, 5.41) is 3.67. The number of anilines is 1. The fraction of sp³-hybridized carbons (Fsp3) is 0.667. The molecule has 1 saturated heterocycles. The molecule has 3 nitrogen and oxygen atoms in total. The van der Waals surface area contributed by atoms with Gasteiger partial charge in [0.2, 0.25) is 0 Å². The van der Waals surface area contributed by atoms with Crippen LogP contribution in [-0.2, 0) is 13.0 Å². The maximum absolute atomic E-state index is 3.67. The molecule has 0 aliphatic carbocycles. The van der Waals surface area contributed by atoms with Gasteiger partial charge in [-0.15, -0.1) is 0 Å². The highest BCUT2D eigenvalue weighted by Gasteiger charge is 2.20. The zero-order valence-electron chi connectivity index (χ0n) is 13.6. The van der Waals surface area contributed by atoms with Crippen LogP contribution < -0.4 is 10.2 Å². The molecule has 1 N–H and O–H groups in total. The van der Waals surface area contributed by atoms with Gasteiger partial charge in [-0.2, -0.15) is 0 Å². The van der Waals surface area contributed by atoms with Gasteiger partial charge >= 0.3 is 0 Å². The topological polar surface area (TPSA) is 18.5 Å². The monoisotopic (exact) mass is 287 g/mol. The molecule has 0 radical (unpaired) electrons. The Morgan fingerprint density at radius 3 is 3.00 bits per heavy atom.